The molecule has 2 N–H and O–H groups in total. The van der Waals surface area contributed by atoms with Gasteiger partial charge in [0.25, 0.3) is 0 Å². The Kier molecular flexibility index (Phi) is 3.61. The summed E-state index contributed by atoms with van der Waals surface area (Å²) in [5.41, 5.74) is 2.02. The van der Waals surface area contributed by atoms with Crippen molar-refractivity contribution >= 4 is 6.03 Å². The van der Waals surface area contributed by atoms with E-state index in [1.165, 1.54) is 6.07 Å². The lowest BCUT2D eigenvalue weighted by molar-refractivity contribution is 0.195. The Hall–Kier alpha value is -1.62. The standard InChI is InChI=1S/C15H19FN2O2/c16-12-2-3-13-11(7-12)1-4-14(13)17-15(20)18-6-5-10(8-18)9-19/h2-3,7,10,14,19H,1,4-6,8-9H2,(H,17,20). The summed E-state index contributed by atoms with van der Waals surface area (Å²) in [4.78, 5) is 14.0. The van der Waals surface area contributed by atoms with Gasteiger partial charge in [-0.15, -0.1) is 0 Å². The quantitative estimate of drug-likeness (QED) is 0.867. The van der Waals surface area contributed by atoms with Crippen LogP contribution in [0.25, 0.3) is 0 Å². The third kappa shape index (κ3) is 2.50. The molecule has 1 aliphatic heterocycles. The van der Waals surface area contributed by atoms with Gasteiger partial charge in [-0.25, -0.2) is 9.18 Å². The van der Waals surface area contributed by atoms with Gasteiger partial charge in [-0.3, -0.25) is 0 Å². The number of aliphatic hydroxyl groups excluding tert-OH is 1. The van der Waals surface area contributed by atoms with Crippen LogP contribution in [-0.4, -0.2) is 35.7 Å². The third-order valence-corrected chi connectivity index (χ3v) is 4.31. The van der Waals surface area contributed by atoms with Crippen molar-refractivity contribution in [2.45, 2.75) is 25.3 Å². The number of carbonyl (C=O) groups is 1. The van der Waals surface area contributed by atoms with Crippen LogP contribution in [-0.2, 0) is 6.42 Å². The Bertz CT molecular complexity index is 521. The molecule has 0 aromatic heterocycles. The van der Waals surface area contributed by atoms with Crippen LogP contribution in [0.4, 0.5) is 9.18 Å². The maximum atomic E-state index is 13.2. The van der Waals surface area contributed by atoms with Crippen molar-refractivity contribution in [3.63, 3.8) is 0 Å². The molecule has 0 spiro atoms. The number of nitrogens with zero attached hydrogens (tertiary/aromatic N) is 1. The predicted molar refractivity (Wildman–Crippen MR) is 72.8 cm³/mol. The van der Waals surface area contributed by atoms with E-state index in [9.17, 15) is 9.18 Å². The molecule has 20 heavy (non-hydrogen) atoms. The molecule has 1 fully saturated rings. The second-order valence-corrected chi connectivity index (χ2v) is 5.67. The number of rotatable bonds is 2. The average Bonchev–Trinajstić information content (AvgIpc) is 3.05. The van der Waals surface area contributed by atoms with Crippen LogP contribution in [0.15, 0.2) is 18.2 Å². The summed E-state index contributed by atoms with van der Waals surface area (Å²) in [5.74, 6) is -0.0215. The second kappa shape index (κ2) is 5.40. The lowest BCUT2D eigenvalue weighted by Crippen LogP contribution is -2.40. The number of nitrogens with one attached hydrogen (secondary N) is 1. The van der Waals surface area contributed by atoms with E-state index in [4.69, 9.17) is 5.11 Å². The van der Waals surface area contributed by atoms with Gasteiger partial charge < -0.3 is 15.3 Å². The number of halogens is 1. The molecular weight excluding hydrogens is 259 g/mol. The molecule has 0 bridgehead atoms. The maximum absolute atomic E-state index is 13.2. The van der Waals surface area contributed by atoms with Crippen LogP contribution < -0.4 is 5.32 Å². The fourth-order valence-electron chi connectivity index (χ4n) is 3.14. The van der Waals surface area contributed by atoms with Gasteiger partial charge in [0.05, 0.1) is 6.04 Å². The number of hydrogen-bond acceptors (Lipinski definition) is 2. The van der Waals surface area contributed by atoms with E-state index >= 15 is 0 Å². The largest absolute Gasteiger partial charge is 0.396 e. The van der Waals surface area contributed by atoms with Gasteiger partial charge in [-0.05, 0) is 42.5 Å². The van der Waals surface area contributed by atoms with Crippen molar-refractivity contribution in [2.24, 2.45) is 5.92 Å². The molecule has 2 unspecified atom stereocenters. The first-order chi connectivity index (χ1) is 9.67. The monoisotopic (exact) mass is 278 g/mol. The van der Waals surface area contributed by atoms with Crippen molar-refractivity contribution < 1.29 is 14.3 Å². The lowest BCUT2D eigenvalue weighted by atomic mass is 10.1. The van der Waals surface area contributed by atoms with Gasteiger partial charge in [0.15, 0.2) is 0 Å². The highest BCUT2D eigenvalue weighted by Crippen LogP contribution is 2.31. The molecule has 2 aliphatic rings. The van der Waals surface area contributed by atoms with Gasteiger partial charge in [-0.2, -0.15) is 0 Å². The highest BCUT2D eigenvalue weighted by molar-refractivity contribution is 5.75. The molecule has 1 aliphatic carbocycles. The van der Waals surface area contributed by atoms with E-state index < -0.39 is 0 Å². The summed E-state index contributed by atoms with van der Waals surface area (Å²) in [5, 5.41) is 12.1. The Morgan fingerprint density at radius 2 is 2.30 bits per heavy atom. The van der Waals surface area contributed by atoms with Crippen LogP contribution in [0.1, 0.15) is 30.0 Å². The molecule has 108 valence electrons. The topological polar surface area (TPSA) is 52.6 Å². The zero-order valence-electron chi connectivity index (χ0n) is 11.3. The average molecular weight is 278 g/mol. The molecule has 0 saturated carbocycles. The van der Waals surface area contributed by atoms with Gasteiger partial charge in [-0.1, -0.05) is 6.07 Å². The summed E-state index contributed by atoms with van der Waals surface area (Å²) in [6, 6.07) is 4.66. The fraction of sp³-hybridized carbons (Fsp3) is 0.533. The molecule has 2 amide bonds. The van der Waals surface area contributed by atoms with Crippen LogP contribution in [0.2, 0.25) is 0 Å². The SMILES string of the molecule is O=C(NC1CCc2cc(F)ccc21)N1CCC(CO)C1. The fourth-order valence-corrected chi connectivity index (χ4v) is 3.14. The minimum Gasteiger partial charge on any atom is -0.396 e. The normalized spacial score (nSPS) is 24.8. The first-order valence-electron chi connectivity index (χ1n) is 7.12. The molecule has 1 saturated heterocycles. The highest BCUT2D eigenvalue weighted by atomic mass is 19.1. The zero-order valence-corrected chi connectivity index (χ0v) is 11.3. The van der Waals surface area contributed by atoms with E-state index in [1.807, 2.05) is 0 Å². The molecule has 1 heterocycles. The zero-order chi connectivity index (χ0) is 14.1. The molecule has 0 radical (unpaired) electrons. The Labute approximate surface area is 117 Å². The number of likely N-dealkylation sites (tertiary alicyclic amines) is 1. The number of benzene rings is 1. The number of urea groups is 1. The molecule has 2 atom stereocenters. The predicted octanol–water partition coefficient (Wildman–Crippen LogP) is 1.84. The summed E-state index contributed by atoms with van der Waals surface area (Å²) in [6.07, 6.45) is 2.48. The third-order valence-electron chi connectivity index (χ3n) is 4.31. The van der Waals surface area contributed by atoms with E-state index in [0.717, 1.165) is 30.4 Å². The smallest absolute Gasteiger partial charge is 0.317 e. The molecule has 3 rings (SSSR count). The summed E-state index contributed by atoms with van der Waals surface area (Å²) in [6.45, 7) is 1.45. The van der Waals surface area contributed by atoms with Crippen molar-refractivity contribution in [3.8, 4) is 0 Å². The van der Waals surface area contributed by atoms with Crippen molar-refractivity contribution in [2.75, 3.05) is 19.7 Å². The molecule has 4 nitrogen and oxygen atoms in total. The Morgan fingerprint density at radius 3 is 3.05 bits per heavy atom. The van der Waals surface area contributed by atoms with E-state index in [-0.39, 0.29) is 30.4 Å². The van der Waals surface area contributed by atoms with Gasteiger partial charge >= 0.3 is 6.03 Å². The first kappa shape index (κ1) is 13.4. The number of amides is 2. The number of aliphatic hydroxyl groups is 1. The van der Waals surface area contributed by atoms with Gasteiger partial charge in [0.1, 0.15) is 5.82 Å². The lowest BCUT2D eigenvalue weighted by Gasteiger charge is -2.21. The number of fused-ring (bicyclic) bond motifs is 1. The summed E-state index contributed by atoms with van der Waals surface area (Å²) in [7, 11) is 0. The van der Waals surface area contributed by atoms with Crippen LogP contribution in [0.3, 0.4) is 0 Å². The molecule has 1 aromatic carbocycles. The molecular formula is C15H19FN2O2. The Morgan fingerprint density at radius 1 is 1.45 bits per heavy atom. The number of carbonyl (C=O) groups excluding carboxylic acids is 1. The second-order valence-electron chi connectivity index (χ2n) is 5.67. The minimum absolute atomic E-state index is 0.0220. The van der Waals surface area contributed by atoms with Crippen molar-refractivity contribution in [3.05, 3.63) is 35.1 Å². The van der Waals surface area contributed by atoms with Crippen molar-refractivity contribution in [1.82, 2.24) is 10.2 Å². The van der Waals surface area contributed by atoms with Crippen LogP contribution in [0.5, 0.6) is 0 Å². The first-order valence-corrected chi connectivity index (χ1v) is 7.12. The summed E-state index contributed by atoms with van der Waals surface area (Å²) >= 11 is 0. The van der Waals surface area contributed by atoms with E-state index in [0.29, 0.717) is 13.1 Å². The van der Waals surface area contributed by atoms with E-state index in [1.54, 1.807) is 17.0 Å². The number of hydrogen-bond donors (Lipinski definition) is 2. The molecule has 1 aromatic rings. The minimum atomic E-state index is -0.221. The van der Waals surface area contributed by atoms with Crippen LogP contribution in [0, 0.1) is 11.7 Å². The highest BCUT2D eigenvalue weighted by Gasteiger charge is 2.29. The maximum Gasteiger partial charge on any atom is 0.317 e. The Balaban J connectivity index is 1.64. The molecule has 5 heteroatoms. The van der Waals surface area contributed by atoms with E-state index in [2.05, 4.69) is 5.32 Å². The van der Waals surface area contributed by atoms with Crippen molar-refractivity contribution in [1.29, 1.82) is 0 Å². The van der Waals surface area contributed by atoms with Gasteiger partial charge in [0, 0.05) is 25.6 Å². The summed E-state index contributed by atoms with van der Waals surface area (Å²) < 4.78 is 13.2. The number of aryl methyl sites for hydroxylation is 1. The van der Waals surface area contributed by atoms with Gasteiger partial charge in [0.2, 0.25) is 0 Å². The van der Waals surface area contributed by atoms with Crippen LogP contribution >= 0.6 is 0 Å².